The first-order valence-corrected chi connectivity index (χ1v) is 24.4. The molecule has 1 heteroatoms. The van der Waals surface area contributed by atoms with Crippen molar-refractivity contribution in [3.8, 4) is 44.5 Å². The highest BCUT2D eigenvalue weighted by Crippen LogP contribution is 2.52. The first kappa shape index (κ1) is 41.4. The second kappa shape index (κ2) is 16.8. The number of fused-ring (bicyclic) bond motifs is 10. The van der Waals surface area contributed by atoms with Gasteiger partial charge in [0.05, 0.1) is 0 Å². The molecular formula is C69H49N. The van der Waals surface area contributed by atoms with E-state index >= 15 is 0 Å². The Balaban J connectivity index is 0.873. The highest BCUT2D eigenvalue weighted by molar-refractivity contribution is 6.33. The second-order valence-electron chi connectivity index (χ2n) is 19.2. The lowest BCUT2D eigenvalue weighted by Gasteiger charge is -2.28. The maximum Gasteiger partial charge on any atom is 0.0465 e. The first-order valence-electron chi connectivity index (χ1n) is 24.4. The fourth-order valence-electron chi connectivity index (χ4n) is 11.4. The average Bonchev–Trinajstić information content (AvgIpc) is 3.65. The molecule has 330 valence electrons. The van der Waals surface area contributed by atoms with Gasteiger partial charge in [0.2, 0.25) is 0 Å². The second-order valence-corrected chi connectivity index (χ2v) is 19.2. The quantitative estimate of drug-likeness (QED) is 0.109. The number of rotatable bonds is 8. The van der Waals surface area contributed by atoms with E-state index in [4.69, 9.17) is 0 Å². The molecule has 0 radical (unpaired) electrons. The summed E-state index contributed by atoms with van der Waals surface area (Å²) in [6.45, 7) is 4.74. The molecule has 0 amide bonds. The molecule has 0 bridgehead atoms. The fourth-order valence-corrected chi connectivity index (χ4v) is 11.4. The largest absolute Gasteiger partial charge is 0.310 e. The van der Waals surface area contributed by atoms with Gasteiger partial charge in [-0.05, 0) is 164 Å². The van der Waals surface area contributed by atoms with E-state index < -0.39 is 0 Å². The van der Waals surface area contributed by atoms with Crippen LogP contribution in [0.15, 0.2) is 249 Å². The molecule has 0 fully saturated rings. The van der Waals surface area contributed by atoms with Crippen LogP contribution in [0.4, 0.5) is 17.1 Å². The monoisotopic (exact) mass is 891 g/mol. The van der Waals surface area contributed by atoms with Crippen LogP contribution in [0.25, 0.3) is 99.7 Å². The zero-order valence-electron chi connectivity index (χ0n) is 39.3. The van der Waals surface area contributed by atoms with E-state index in [2.05, 4.69) is 280 Å². The Bertz CT molecular complexity index is 3960. The normalized spacial score (nSPS) is 12.8. The van der Waals surface area contributed by atoms with E-state index in [1.54, 1.807) is 0 Å². The van der Waals surface area contributed by atoms with Crippen LogP contribution in [-0.4, -0.2) is 0 Å². The predicted molar refractivity (Wildman–Crippen MR) is 300 cm³/mol. The van der Waals surface area contributed by atoms with Crippen LogP contribution in [0, 0.1) is 0 Å². The molecule has 0 saturated heterocycles. The van der Waals surface area contributed by atoms with Crippen molar-refractivity contribution in [2.24, 2.45) is 0 Å². The van der Waals surface area contributed by atoms with Crippen LogP contribution >= 0.6 is 0 Å². The molecule has 13 rings (SSSR count). The maximum atomic E-state index is 2.46. The summed E-state index contributed by atoms with van der Waals surface area (Å²) in [5, 5.41) is 10.1. The summed E-state index contributed by atoms with van der Waals surface area (Å²) in [5.74, 6) is 0. The zero-order chi connectivity index (χ0) is 46.8. The standard InChI is InChI=1S/C69H49N/c1-69(2)64-42-47(34-39-58(64)59-40-38-55(44-65(59)69)70(53-23-11-5-12-24-53)54-25-13-6-14-26-54)32-31-46-33-35-51-43-52(37-36-50(51)41-46)63-45-62(48-19-7-3-8-20-48)67-60-29-17-15-27-56(60)57-28-16-18-30-61(57)68(67)66(63)49-21-9-4-10-22-49/h3-45H,1-2H3/b32-31+. The molecule has 70 heavy (non-hydrogen) atoms. The summed E-state index contributed by atoms with van der Waals surface area (Å²) in [4.78, 5) is 2.36. The van der Waals surface area contributed by atoms with Crippen LogP contribution in [0.3, 0.4) is 0 Å². The summed E-state index contributed by atoms with van der Waals surface area (Å²) in [7, 11) is 0. The van der Waals surface area contributed by atoms with Crippen molar-refractivity contribution < 1.29 is 0 Å². The number of nitrogens with zero attached hydrogens (tertiary/aromatic N) is 1. The minimum Gasteiger partial charge on any atom is -0.310 e. The molecule has 0 N–H and O–H groups in total. The summed E-state index contributed by atoms with van der Waals surface area (Å²) in [5.41, 5.74) is 18.4. The number of anilines is 3. The van der Waals surface area contributed by atoms with Crippen molar-refractivity contribution in [1.82, 2.24) is 0 Å². The highest BCUT2D eigenvalue weighted by atomic mass is 15.1. The lowest BCUT2D eigenvalue weighted by atomic mass is 9.81. The van der Waals surface area contributed by atoms with Crippen LogP contribution in [0.1, 0.15) is 36.1 Å². The van der Waals surface area contributed by atoms with E-state index in [1.165, 1.54) is 110 Å². The van der Waals surface area contributed by atoms with Crippen molar-refractivity contribution in [3.05, 3.63) is 271 Å². The van der Waals surface area contributed by atoms with E-state index in [1.807, 2.05) is 0 Å². The van der Waals surface area contributed by atoms with Crippen molar-refractivity contribution in [1.29, 1.82) is 0 Å². The highest BCUT2D eigenvalue weighted by Gasteiger charge is 2.36. The smallest absolute Gasteiger partial charge is 0.0465 e. The van der Waals surface area contributed by atoms with Gasteiger partial charge in [-0.25, -0.2) is 0 Å². The van der Waals surface area contributed by atoms with Crippen LogP contribution in [0.2, 0.25) is 0 Å². The maximum absolute atomic E-state index is 2.46. The van der Waals surface area contributed by atoms with E-state index in [0.717, 1.165) is 17.1 Å². The SMILES string of the molecule is CC1(C)c2cc(/C=C/c3ccc4cc(-c5cc(-c6ccccc6)c6c7ccccc7c7ccccc7c6c5-c5ccccc5)ccc4c3)ccc2-c2ccc(N(c3ccccc3)c3ccccc3)cc21. The molecule has 0 atom stereocenters. The number of benzene rings is 12. The molecule has 0 unspecified atom stereocenters. The first-order chi connectivity index (χ1) is 34.5. The summed E-state index contributed by atoms with van der Waals surface area (Å²) in [6.07, 6.45) is 4.53. The van der Waals surface area contributed by atoms with Crippen LogP contribution in [-0.2, 0) is 5.41 Å². The van der Waals surface area contributed by atoms with E-state index in [9.17, 15) is 0 Å². The lowest BCUT2D eigenvalue weighted by Crippen LogP contribution is -2.16. The predicted octanol–water partition coefficient (Wildman–Crippen LogP) is 19.2. The Kier molecular flexibility index (Phi) is 9.92. The van der Waals surface area contributed by atoms with Crippen molar-refractivity contribution in [3.63, 3.8) is 0 Å². The molecule has 1 aliphatic rings. The van der Waals surface area contributed by atoms with Gasteiger partial charge >= 0.3 is 0 Å². The molecule has 12 aromatic carbocycles. The number of para-hydroxylation sites is 2. The van der Waals surface area contributed by atoms with Crippen LogP contribution in [0.5, 0.6) is 0 Å². The third-order valence-corrected chi connectivity index (χ3v) is 14.8. The Morgan fingerprint density at radius 2 is 0.800 bits per heavy atom. The van der Waals surface area contributed by atoms with E-state index in [0.29, 0.717) is 0 Å². The van der Waals surface area contributed by atoms with Gasteiger partial charge in [0.1, 0.15) is 0 Å². The van der Waals surface area contributed by atoms with Gasteiger partial charge in [-0.3, -0.25) is 0 Å². The Hall–Kier alpha value is -8.78. The third kappa shape index (κ3) is 6.93. The Morgan fingerprint density at radius 3 is 1.44 bits per heavy atom. The Morgan fingerprint density at radius 1 is 0.314 bits per heavy atom. The summed E-state index contributed by atoms with van der Waals surface area (Å²) < 4.78 is 0. The molecule has 0 aromatic heterocycles. The lowest BCUT2D eigenvalue weighted by molar-refractivity contribution is 0.660. The molecule has 12 aromatic rings. The molecule has 0 aliphatic heterocycles. The summed E-state index contributed by atoms with van der Waals surface area (Å²) in [6, 6.07) is 91.5. The van der Waals surface area contributed by atoms with Gasteiger partial charge < -0.3 is 4.90 Å². The van der Waals surface area contributed by atoms with Crippen molar-refractivity contribution in [2.45, 2.75) is 19.3 Å². The Labute approximate surface area is 409 Å². The van der Waals surface area contributed by atoms with E-state index in [-0.39, 0.29) is 5.41 Å². The minimum absolute atomic E-state index is 0.168. The third-order valence-electron chi connectivity index (χ3n) is 14.8. The molecule has 0 saturated carbocycles. The summed E-state index contributed by atoms with van der Waals surface area (Å²) >= 11 is 0. The molecule has 1 aliphatic carbocycles. The van der Waals surface area contributed by atoms with Gasteiger partial charge in [-0.15, -0.1) is 0 Å². The van der Waals surface area contributed by atoms with Gasteiger partial charge in [-0.1, -0.05) is 220 Å². The fraction of sp³-hybridized carbons (Fsp3) is 0.0435. The average molecular weight is 892 g/mol. The number of hydrogen-bond acceptors (Lipinski definition) is 1. The zero-order valence-corrected chi connectivity index (χ0v) is 39.3. The molecule has 1 nitrogen and oxygen atoms in total. The van der Waals surface area contributed by atoms with Gasteiger partial charge in [0, 0.05) is 22.5 Å². The number of hydrogen-bond donors (Lipinski definition) is 0. The van der Waals surface area contributed by atoms with Crippen molar-refractivity contribution in [2.75, 3.05) is 4.90 Å². The van der Waals surface area contributed by atoms with Crippen molar-refractivity contribution >= 4 is 72.3 Å². The van der Waals surface area contributed by atoms with Gasteiger partial charge in [-0.2, -0.15) is 0 Å². The minimum atomic E-state index is -0.168. The molecule has 0 spiro atoms. The van der Waals surface area contributed by atoms with Gasteiger partial charge in [0.15, 0.2) is 0 Å². The van der Waals surface area contributed by atoms with Gasteiger partial charge in [0.25, 0.3) is 0 Å². The molecule has 0 heterocycles. The topological polar surface area (TPSA) is 3.24 Å². The molecular weight excluding hydrogens is 843 g/mol. The van der Waals surface area contributed by atoms with Crippen LogP contribution < -0.4 is 4.90 Å².